The van der Waals surface area contributed by atoms with E-state index in [1.54, 1.807) is 19.6 Å². The molecule has 2 heterocycles. The molecule has 0 spiro atoms. The van der Waals surface area contributed by atoms with Crippen LogP contribution in [0.4, 0.5) is 8.78 Å². The predicted octanol–water partition coefficient (Wildman–Crippen LogP) is 2.89. The maximum absolute atomic E-state index is 13.4. The van der Waals surface area contributed by atoms with Crippen molar-refractivity contribution < 1.29 is 32.8 Å². The van der Waals surface area contributed by atoms with Gasteiger partial charge in [-0.25, -0.2) is 13.8 Å². The highest BCUT2D eigenvalue weighted by Gasteiger charge is 2.33. The van der Waals surface area contributed by atoms with Crippen LogP contribution >= 0.6 is 0 Å². The summed E-state index contributed by atoms with van der Waals surface area (Å²) in [4.78, 5) is 6.05. The van der Waals surface area contributed by atoms with Crippen molar-refractivity contribution >= 4 is 0 Å². The second-order valence-corrected chi connectivity index (χ2v) is 8.52. The lowest BCUT2D eigenvalue weighted by Gasteiger charge is -2.30. The van der Waals surface area contributed by atoms with E-state index in [2.05, 4.69) is 4.98 Å². The molecule has 1 atom stereocenters. The van der Waals surface area contributed by atoms with Crippen LogP contribution in [-0.4, -0.2) is 71.8 Å². The van der Waals surface area contributed by atoms with Crippen LogP contribution < -0.4 is 14.2 Å². The summed E-state index contributed by atoms with van der Waals surface area (Å²) in [5, 5.41) is 11.1. The van der Waals surface area contributed by atoms with E-state index in [1.165, 1.54) is 0 Å². The fraction of sp³-hybridized carbons (Fsp3) is 0.400. The number of ether oxygens (including phenoxy) is 4. The number of nitrogens with zero attached hydrogens (tertiary/aromatic N) is 3. The average Bonchev–Trinajstić information content (AvgIpc) is 3.27. The Bertz CT molecular complexity index is 1080. The Labute approximate surface area is 202 Å². The van der Waals surface area contributed by atoms with Gasteiger partial charge >= 0.3 is 0 Å². The molecule has 1 fully saturated rings. The van der Waals surface area contributed by atoms with Crippen molar-refractivity contribution in [2.45, 2.75) is 18.7 Å². The van der Waals surface area contributed by atoms with Crippen LogP contribution in [0.25, 0.3) is 0 Å². The molecule has 0 aliphatic carbocycles. The van der Waals surface area contributed by atoms with Gasteiger partial charge in [0.15, 0.2) is 11.5 Å². The van der Waals surface area contributed by atoms with Crippen molar-refractivity contribution in [2.75, 3.05) is 46.6 Å². The number of β-amino-alcohol motifs (C(OH)–C–C–N with tert-alkyl or cyclic N) is 1. The molecule has 0 unspecified atom stereocenters. The van der Waals surface area contributed by atoms with Crippen LogP contribution in [0, 0.1) is 11.6 Å². The van der Waals surface area contributed by atoms with Gasteiger partial charge in [0.1, 0.15) is 36.2 Å². The Hall–Kier alpha value is -3.21. The highest BCUT2D eigenvalue weighted by atomic mass is 19.1. The zero-order chi connectivity index (χ0) is 24.7. The lowest BCUT2D eigenvalue weighted by molar-refractivity contribution is -0.0647. The van der Waals surface area contributed by atoms with E-state index >= 15 is 0 Å². The van der Waals surface area contributed by atoms with Crippen molar-refractivity contribution in [3.05, 3.63) is 72.3 Å². The van der Waals surface area contributed by atoms with Gasteiger partial charge in [-0.15, -0.1) is 0 Å². The number of rotatable bonds is 10. The first kappa shape index (κ1) is 24.9. The van der Waals surface area contributed by atoms with E-state index in [0.717, 1.165) is 23.8 Å². The Morgan fingerprint density at radius 2 is 1.94 bits per heavy atom. The van der Waals surface area contributed by atoms with Crippen LogP contribution in [0.3, 0.4) is 0 Å². The molecule has 3 aromatic rings. The third-order valence-corrected chi connectivity index (χ3v) is 5.58. The standard InChI is InChI=1S/C25H29F2N3O5/c1-32-24-10-19(2-3-23(24)34-9-7-29-5-4-28-18-29)14-30-6-8-33-16-25(31,15-30)17-35-22-12-20(26)11-21(27)13-22/h2-5,10-13,18,31H,6-9,14-17H2,1H3/t25-/m1/s1. The minimum Gasteiger partial charge on any atom is -0.493 e. The normalized spacial score (nSPS) is 18.7. The number of halogens is 2. The van der Waals surface area contributed by atoms with Gasteiger partial charge in [0.25, 0.3) is 0 Å². The molecule has 1 saturated heterocycles. The van der Waals surface area contributed by atoms with Crippen molar-refractivity contribution in [3.8, 4) is 17.2 Å². The molecular formula is C25H29F2N3O5. The van der Waals surface area contributed by atoms with Crippen molar-refractivity contribution in [3.63, 3.8) is 0 Å². The van der Waals surface area contributed by atoms with Gasteiger partial charge in [0.05, 0.1) is 33.2 Å². The topological polar surface area (TPSA) is 78.2 Å². The number of hydrogen-bond acceptors (Lipinski definition) is 7. The molecule has 4 rings (SSSR count). The second-order valence-electron chi connectivity index (χ2n) is 8.52. The molecule has 35 heavy (non-hydrogen) atoms. The number of aliphatic hydroxyl groups is 1. The number of methoxy groups -OCH3 is 1. The molecule has 1 N–H and O–H groups in total. The first-order valence-electron chi connectivity index (χ1n) is 11.3. The number of aromatic nitrogens is 2. The van der Waals surface area contributed by atoms with Crippen molar-refractivity contribution in [2.24, 2.45) is 0 Å². The third-order valence-electron chi connectivity index (χ3n) is 5.58. The summed E-state index contributed by atoms with van der Waals surface area (Å²) in [5.41, 5.74) is -0.374. The summed E-state index contributed by atoms with van der Waals surface area (Å²) < 4.78 is 51.3. The molecule has 188 valence electrons. The summed E-state index contributed by atoms with van der Waals surface area (Å²) in [6.45, 7) is 2.85. The van der Waals surface area contributed by atoms with Crippen LogP contribution in [0.1, 0.15) is 5.56 Å². The van der Waals surface area contributed by atoms with E-state index in [1.807, 2.05) is 33.9 Å². The maximum Gasteiger partial charge on any atom is 0.161 e. The highest BCUT2D eigenvalue weighted by molar-refractivity contribution is 5.43. The number of benzene rings is 2. The molecule has 1 aliphatic heterocycles. The second kappa shape index (κ2) is 11.5. The lowest BCUT2D eigenvalue weighted by atomic mass is 10.1. The molecule has 1 aromatic heterocycles. The van der Waals surface area contributed by atoms with Crippen LogP contribution in [-0.2, 0) is 17.8 Å². The van der Waals surface area contributed by atoms with Crippen molar-refractivity contribution in [1.29, 1.82) is 0 Å². The lowest BCUT2D eigenvalue weighted by Crippen LogP contribution is -2.48. The maximum atomic E-state index is 13.4. The number of imidazole rings is 1. The van der Waals surface area contributed by atoms with Crippen LogP contribution in [0.15, 0.2) is 55.1 Å². The van der Waals surface area contributed by atoms with Crippen LogP contribution in [0.2, 0.25) is 0 Å². The fourth-order valence-electron chi connectivity index (χ4n) is 3.92. The van der Waals surface area contributed by atoms with Gasteiger partial charge in [-0.05, 0) is 17.7 Å². The molecule has 0 radical (unpaired) electrons. The van der Waals surface area contributed by atoms with E-state index in [-0.39, 0.29) is 25.5 Å². The van der Waals surface area contributed by atoms with E-state index in [9.17, 15) is 13.9 Å². The smallest absolute Gasteiger partial charge is 0.161 e. The molecule has 8 nitrogen and oxygen atoms in total. The van der Waals surface area contributed by atoms with E-state index < -0.39 is 17.2 Å². The van der Waals surface area contributed by atoms with Gasteiger partial charge in [0.2, 0.25) is 0 Å². The van der Waals surface area contributed by atoms with Gasteiger partial charge in [-0.3, -0.25) is 4.90 Å². The molecular weight excluding hydrogens is 460 g/mol. The highest BCUT2D eigenvalue weighted by Crippen LogP contribution is 2.29. The summed E-state index contributed by atoms with van der Waals surface area (Å²) in [5.74, 6) is -0.212. The first-order valence-corrected chi connectivity index (χ1v) is 11.3. The Morgan fingerprint density at radius 3 is 2.69 bits per heavy atom. The minimum atomic E-state index is -1.35. The molecule has 0 amide bonds. The Kier molecular flexibility index (Phi) is 8.17. The molecule has 2 aromatic carbocycles. The van der Waals surface area contributed by atoms with Gasteiger partial charge in [0, 0.05) is 50.2 Å². The largest absolute Gasteiger partial charge is 0.493 e. The summed E-state index contributed by atoms with van der Waals surface area (Å²) >= 11 is 0. The Morgan fingerprint density at radius 1 is 1.11 bits per heavy atom. The van der Waals surface area contributed by atoms with Crippen LogP contribution in [0.5, 0.6) is 17.2 Å². The number of hydrogen-bond donors (Lipinski definition) is 1. The Balaban J connectivity index is 1.36. The molecule has 10 heteroatoms. The van der Waals surface area contributed by atoms with Gasteiger partial charge < -0.3 is 28.6 Å². The zero-order valence-corrected chi connectivity index (χ0v) is 19.5. The average molecular weight is 490 g/mol. The first-order chi connectivity index (χ1) is 16.9. The monoisotopic (exact) mass is 489 g/mol. The molecule has 1 aliphatic rings. The third kappa shape index (κ3) is 7.14. The fourth-order valence-corrected chi connectivity index (χ4v) is 3.92. The summed E-state index contributed by atoms with van der Waals surface area (Å²) in [6, 6.07) is 8.64. The van der Waals surface area contributed by atoms with Crippen molar-refractivity contribution in [1.82, 2.24) is 14.5 Å². The van der Waals surface area contributed by atoms with Gasteiger partial charge in [-0.1, -0.05) is 6.07 Å². The zero-order valence-electron chi connectivity index (χ0n) is 19.5. The molecule has 0 bridgehead atoms. The van der Waals surface area contributed by atoms with E-state index in [0.29, 0.717) is 44.3 Å². The molecule has 0 saturated carbocycles. The quantitative estimate of drug-likeness (QED) is 0.469. The summed E-state index contributed by atoms with van der Waals surface area (Å²) in [7, 11) is 1.59. The SMILES string of the molecule is COc1cc(CN2CCOC[C@@](O)(COc3cc(F)cc(F)c3)C2)ccc1OCCn1ccnc1. The van der Waals surface area contributed by atoms with E-state index in [4.69, 9.17) is 18.9 Å². The summed E-state index contributed by atoms with van der Waals surface area (Å²) in [6.07, 6.45) is 5.33. The minimum absolute atomic E-state index is 0.0140. The predicted molar refractivity (Wildman–Crippen MR) is 124 cm³/mol. The van der Waals surface area contributed by atoms with Gasteiger partial charge in [-0.2, -0.15) is 0 Å².